The lowest BCUT2D eigenvalue weighted by Gasteiger charge is -2.30. The summed E-state index contributed by atoms with van der Waals surface area (Å²) < 4.78 is 4.42. The third-order valence-electron chi connectivity index (χ3n) is 3.70. The van der Waals surface area contributed by atoms with Crippen LogP contribution in [0.4, 0.5) is 4.79 Å². The van der Waals surface area contributed by atoms with Gasteiger partial charge in [-0.15, -0.1) is 0 Å². The number of amides is 3. The van der Waals surface area contributed by atoms with Gasteiger partial charge in [0.15, 0.2) is 5.96 Å². The van der Waals surface area contributed by atoms with Crippen molar-refractivity contribution in [3.05, 3.63) is 0 Å². The second-order valence-electron chi connectivity index (χ2n) is 5.73. The highest BCUT2D eigenvalue weighted by Gasteiger charge is 2.31. The lowest BCUT2D eigenvalue weighted by atomic mass is 10.1. The number of hydrogen-bond donors (Lipinski definition) is 5. The van der Waals surface area contributed by atoms with Crippen molar-refractivity contribution in [2.75, 3.05) is 27.2 Å². The molecule has 146 valence electrons. The fourth-order valence-electron chi connectivity index (χ4n) is 2.22. The molecule has 0 unspecified atom stereocenters. The van der Waals surface area contributed by atoms with E-state index in [2.05, 4.69) is 25.4 Å². The van der Waals surface area contributed by atoms with E-state index in [0.29, 0.717) is 19.4 Å². The summed E-state index contributed by atoms with van der Waals surface area (Å²) in [7, 11) is 2.70. The van der Waals surface area contributed by atoms with Crippen LogP contribution in [0.3, 0.4) is 0 Å². The number of ether oxygens (including phenoxy) is 1. The normalized spacial score (nSPS) is 17.4. The van der Waals surface area contributed by atoms with Gasteiger partial charge in [0.25, 0.3) is 5.91 Å². The summed E-state index contributed by atoms with van der Waals surface area (Å²) in [5, 5.41) is 4.67. The lowest BCUT2D eigenvalue weighted by Crippen LogP contribution is -2.57. The number of nitrogens with one attached hydrogen (secondary N) is 2. The van der Waals surface area contributed by atoms with E-state index in [1.807, 2.05) is 0 Å². The minimum absolute atomic E-state index is 0.0132. The Morgan fingerprint density at radius 1 is 1.50 bits per heavy atom. The first-order chi connectivity index (χ1) is 12.2. The van der Waals surface area contributed by atoms with Gasteiger partial charge >= 0.3 is 6.09 Å². The third kappa shape index (κ3) is 6.93. The van der Waals surface area contributed by atoms with Crippen LogP contribution in [0.1, 0.15) is 19.3 Å². The average Bonchev–Trinajstić information content (AvgIpc) is 2.58. The largest absolute Gasteiger partial charge is 0.453 e. The maximum Gasteiger partial charge on any atom is 0.413 e. The van der Waals surface area contributed by atoms with Gasteiger partial charge in [-0.25, -0.2) is 9.79 Å². The molecule has 26 heavy (non-hydrogen) atoms. The number of guanidine groups is 2. The minimum atomic E-state index is -0.778. The van der Waals surface area contributed by atoms with E-state index in [4.69, 9.17) is 17.2 Å². The Morgan fingerprint density at radius 3 is 2.77 bits per heavy atom. The van der Waals surface area contributed by atoms with Gasteiger partial charge in [0.05, 0.1) is 13.7 Å². The molecule has 8 N–H and O–H groups in total. The molecule has 0 aromatic heterocycles. The summed E-state index contributed by atoms with van der Waals surface area (Å²) in [5.74, 6) is -0.739. The summed E-state index contributed by atoms with van der Waals surface area (Å²) in [4.78, 5) is 44.7. The zero-order valence-corrected chi connectivity index (χ0v) is 14.9. The number of hydrogen-bond acceptors (Lipinski definition) is 7. The predicted octanol–water partition coefficient (Wildman–Crippen LogP) is -2.57. The Morgan fingerprint density at radius 2 is 2.19 bits per heavy atom. The number of carbonyl (C=O) groups excluding carboxylic acids is 3. The molecule has 12 nitrogen and oxygen atoms in total. The molecule has 0 saturated carbocycles. The van der Waals surface area contributed by atoms with Crippen LogP contribution < -0.4 is 27.8 Å². The number of aliphatic imine (C=N–C) groups is 2. The van der Waals surface area contributed by atoms with E-state index in [1.165, 1.54) is 19.1 Å². The van der Waals surface area contributed by atoms with Crippen molar-refractivity contribution in [3.8, 4) is 0 Å². The molecule has 1 aliphatic rings. The monoisotopic (exact) mass is 370 g/mol. The number of nitrogens with zero attached hydrogens (tertiary/aromatic N) is 3. The van der Waals surface area contributed by atoms with Crippen LogP contribution >= 0.6 is 0 Å². The van der Waals surface area contributed by atoms with Crippen molar-refractivity contribution in [1.82, 2.24) is 15.5 Å². The van der Waals surface area contributed by atoms with Crippen LogP contribution in [0, 0.1) is 0 Å². The number of alkyl carbamates (subject to hydrolysis) is 1. The SMILES string of the molecule is COC(=O)NC1=NC[C@H](N(C)C(=O)C[C@@H](N)CCCN=C(N)N)C(=O)N1. The number of likely N-dealkylation sites (N-methyl/N-ethyl adjacent to an activating group) is 1. The molecule has 2 atom stereocenters. The van der Waals surface area contributed by atoms with Crippen LogP contribution in [0.25, 0.3) is 0 Å². The molecular formula is C14H26N8O4. The molecule has 1 aliphatic heterocycles. The zero-order chi connectivity index (χ0) is 19.7. The molecule has 0 aromatic rings. The highest BCUT2D eigenvalue weighted by Crippen LogP contribution is 2.08. The number of rotatable bonds is 7. The van der Waals surface area contributed by atoms with E-state index in [9.17, 15) is 14.4 Å². The molecule has 12 heteroatoms. The summed E-state index contributed by atoms with van der Waals surface area (Å²) in [6.45, 7) is 0.461. The third-order valence-corrected chi connectivity index (χ3v) is 3.70. The summed E-state index contributed by atoms with van der Waals surface area (Å²) in [6, 6.07) is -1.15. The Labute approximate surface area is 151 Å². The second-order valence-corrected chi connectivity index (χ2v) is 5.73. The molecule has 0 fully saturated rings. The standard InChI is InChI=1S/C14H26N8O4/c1-22(10(23)6-8(15)4-3-5-18-12(16)17)9-7-19-13(20-11(9)24)21-14(25)26-2/h8-9H,3-7,15H2,1-2H3,(H4,16,17,18)(H2,19,20,21,24,25)/t8-,9-/m0/s1. The lowest BCUT2D eigenvalue weighted by molar-refractivity contribution is -0.138. The molecule has 0 radical (unpaired) electrons. The first kappa shape index (κ1) is 21.2. The highest BCUT2D eigenvalue weighted by molar-refractivity contribution is 6.06. The van der Waals surface area contributed by atoms with Gasteiger partial charge in [-0.3, -0.25) is 25.2 Å². The Bertz CT molecular complexity index is 587. The first-order valence-corrected chi connectivity index (χ1v) is 8.01. The average molecular weight is 370 g/mol. The van der Waals surface area contributed by atoms with Crippen molar-refractivity contribution in [1.29, 1.82) is 0 Å². The molecular weight excluding hydrogens is 344 g/mol. The number of methoxy groups -OCH3 is 1. The van der Waals surface area contributed by atoms with Crippen molar-refractivity contribution < 1.29 is 19.1 Å². The van der Waals surface area contributed by atoms with Gasteiger partial charge < -0.3 is 26.8 Å². The van der Waals surface area contributed by atoms with E-state index in [-0.39, 0.29) is 36.8 Å². The van der Waals surface area contributed by atoms with Gasteiger partial charge in [-0.1, -0.05) is 0 Å². The van der Waals surface area contributed by atoms with Gasteiger partial charge in [0.1, 0.15) is 6.04 Å². The molecule has 0 aliphatic carbocycles. The molecule has 3 amide bonds. The van der Waals surface area contributed by atoms with Gasteiger partial charge in [-0.05, 0) is 12.8 Å². The summed E-state index contributed by atoms with van der Waals surface area (Å²) in [5.41, 5.74) is 16.4. The molecule has 1 heterocycles. The Kier molecular flexibility index (Phi) is 8.28. The smallest absolute Gasteiger partial charge is 0.413 e. The molecule has 0 saturated heterocycles. The van der Waals surface area contributed by atoms with Crippen LogP contribution in [0.5, 0.6) is 0 Å². The topological polar surface area (TPSA) is 191 Å². The molecule has 0 bridgehead atoms. The quantitative estimate of drug-likeness (QED) is 0.185. The second kappa shape index (κ2) is 10.2. The van der Waals surface area contributed by atoms with Crippen LogP contribution in [0.2, 0.25) is 0 Å². The van der Waals surface area contributed by atoms with Crippen molar-refractivity contribution in [3.63, 3.8) is 0 Å². The zero-order valence-electron chi connectivity index (χ0n) is 14.9. The summed E-state index contributed by atoms with van der Waals surface area (Å²) >= 11 is 0. The first-order valence-electron chi connectivity index (χ1n) is 8.01. The number of nitrogens with two attached hydrogens (primary N) is 3. The van der Waals surface area contributed by atoms with Crippen molar-refractivity contribution in [2.24, 2.45) is 27.2 Å². The van der Waals surface area contributed by atoms with Crippen molar-refractivity contribution in [2.45, 2.75) is 31.3 Å². The van der Waals surface area contributed by atoms with E-state index in [0.717, 1.165) is 0 Å². The predicted molar refractivity (Wildman–Crippen MR) is 95.0 cm³/mol. The molecule has 1 rings (SSSR count). The fraction of sp³-hybridized carbons (Fsp3) is 0.643. The van der Waals surface area contributed by atoms with Crippen LogP contribution in [-0.4, -0.2) is 74.1 Å². The summed E-state index contributed by atoms with van der Waals surface area (Å²) in [6.07, 6.45) is 0.545. The van der Waals surface area contributed by atoms with Crippen molar-refractivity contribution >= 4 is 29.8 Å². The maximum absolute atomic E-state index is 12.3. The highest BCUT2D eigenvalue weighted by atomic mass is 16.5. The van der Waals surface area contributed by atoms with E-state index >= 15 is 0 Å². The van der Waals surface area contributed by atoms with E-state index < -0.39 is 18.0 Å². The minimum Gasteiger partial charge on any atom is -0.453 e. The van der Waals surface area contributed by atoms with Gasteiger partial charge in [0.2, 0.25) is 11.9 Å². The Hall–Kier alpha value is -2.89. The van der Waals surface area contributed by atoms with Gasteiger partial charge in [-0.2, -0.15) is 0 Å². The van der Waals surface area contributed by atoms with Crippen LogP contribution in [0.15, 0.2) is 9.98 Å². The number of carbonyl (C=O) groups is 3. The molecule has 0 spiro atoms. The maximum atomic E-state index is 12.3. The van der Waals surface area contributed by atoms with Gasteiger partial charge in [0, 0.05) is 26.1 Å². The van der Waals surface area contributed by atoms with Crippen LogP contribution in [-0.2, 0) is 14.3 Å². The molecule has 0 aromatic carbocycles. The Balaban J connectivity index is 2.49. The fourth-order valence-corrected chi connectivity index (χ4v) is 2.22. The van der Waals surface area contributed by atoms with E-state index in [1.54, 1.807) is 0 Å².